The van der Waals surface area contributed by atoms with Crippen LogP contribution in [0.15, 0.2) is 30.3 Å². The monoisotopic (exact) mass is 344 g/mol. The molecule has 2 amide bonds. The zero-order chi connectivity index (χ0) is 17.3. The molecular formula is C17H17ClN4O2. The molecule has 24 heavy (non-hydrogen) atoms. The van der Waals surface area contributed by atoms with Gasteiger partial charge < -0.3 is 16.0 Å². The topological polar surface area (TPSA) is 83.1 Å². The number of carbonyl (C=O) groups excluding carboxylic acids is 2. The van der Waals surface area contributed by atoms with Crippen molar-refractivity contribution in [2.24, 2.45) is 0 Å². The average Bonchev–Trinajstić information content (AvgIpc) is 2.93. The number of carbonyl (C=O) groups is 2. The Balaban J connectivity index is 1.76. The standard InChI is InChI=1S/C17H17ClN4O2/c1-9(10-3-4-13-11(5-10)8-16(23)21-13)20-17(24)12-6-14(18)22-15(7-12)19-2/h3-7,9H,8H2,1-2H3,(H,19,22)(H,20,24)(H,21,23). The van der Waals surface area contributed by atoms with Gasteiger partial charge in [0.05, 0.1) is 12.5 Å². The first kappa shape index (κ1) is 16.3. The van der Waals surface area contributed by atoms with Crippen LogP contribution in [-0.4, -0.2) is 23.8 Å². The summed E-state index contributed by atoms with van der Waals surface area (Å²) >= 11 is 5.93. The molecule has 0 aliphatic carbocycles. The Bertz CT molecular complexity index is 822. The first-order valence-electron chi connectivity index (χ1n) is 7.55. The normalized spacial score (nSPS) is 13.9. The van der Waals surface area contributed by atoms with Gasteiger partial charge in [-0.3, -0.25) is 9.59 Å². The van der Waals surface area contributed by atoms with E-state index in [1.807, 2.05) is 25.1 Å². The molecule has 0 radical (unpaired) electrons. The second kappa shape index (κ2) is 6.49. The molecule has 1 aromatic heterocycles. The summed E-state index contributed by atoms with van der Waals surface area (Å²) in [6.45, 7) is 1.89. The molecule has 3 rings (SSSR count). The molecule has 3 N–H and O–H groups in total. The van der Waals surface area contributed by atoms with E-state index in [0.29, 0.717) is 17.8 Å². The fourth-order valence-corrected chi connectivity index (χ4v) is 2.85. The summed E-state index contributed by atoms with van der Waals surface area (Å²) in [6, 6.07) is 8.66. The second-order valence-corrected chi connectivity index (χ2v) is 6.04. The van der Waals surface area contributed by atoms with Crippen LogP contribution < -0.4 is 16.0 Å². The first-order valence-corrected chi connectivity index (χ1v) is 7.93. The molecule has 1 atom stereocenters. The van der Waals surface area contributed by atoms with Gasteiger partial charge in [-0.15, -0.1) is 0 Å². The zero-order valence-corrected chi connectivity index (χ0v) is 14.1. The number of benzene rings is 1. The van der Waals surface area contributed by atoms with Crippen LogP contribution in [-0.2, 0) is 11.2 Å². The Morgan fingerprint density at radius 1 is 1.33 bits per heavy atom. The Labute approximate surface area is 144 Å². The highest BCUT2D eigenvalue weighted by atomic mass is 35.5. The summed E-state index contributed by atoms with van der Waals surface area (Å²) in [4.78, 5) is 27.9. The van der Waals surface area contributed by atoms with Crippen molar-refractivity contribution in [2.45, 2.75) is 19.4 Å². The summed E-state index contributed by atoms with van der Waals surface area (Å²) in [5.74, 6) is 0.283. The molecular weight excluding hydrogens is 328 g/mol. The van der Waals surface area contributed by atoms with Crippen LogP contribution >= 0.6 is 11.6 Å². The van der Waals surface area contributed by atoms with Gasteiger partial charge in [0.2, 0.25) is 5.91 Å². The number of pyridine rings is 1. The maximum absolute atomic E-state index is 12.4. The van der Waals surface area contributed by atoms with Crippen LogP contribution in [0.1, 0.15) is 34.5 Å². The third-order valence-electron chi connectivity index (χ3n) is 3.91. The van der Waals surface area contributed by atoms with Crippen molar-refractivity contribution in [3.8, 4) is 0 Å². The molecule has 0 fully saturated rings. The van der Waals surface area contributed by atoms with Crippen LogP contribution in [0.25, 0.3) is 0 Å². The van der Waals surface area contributed by atoms with Gasteiger partial charge in [0.25, 0.3) is 5.91 Å². The van der Waals surface area contributed by atoms with E-state index in [1.165, 1.54) is 6.07 Å². The fourth-order valence-electron chi connectivity index (χ4n) is 2.64. The van der Waals surface area contributed by atoms with E-state index in [9.17, 15) is 9.59 Å². The number of aromatic nitrogens is 1. The number of nitrogens with zero attached hydrogens (tertiary/aromatic N) is 1. The molecule has 6 nitrogen and oxygen atoms in total. The molecule has 0 saturated heterocycles. The number of amides is 2. The summed E-state index contributed by atoms with van der Waals surface area (Å²) < 4.78 is 0. The van der Waals surface area contributed by atoms with Crippen molar-refractivity contribution in [3.63, 3.8) is 0 Å². The highest BCUT2D eigenvalue weighted by Gasteiger charge is 2.20. The molecule has 1 aliphatic rings. The average molecular weight is 345 g/mol. The highest BCUT2D eigenvalue weighted by Crippen LogP contribution is 2.26. The minimum Gasteiger partial charge on any atom is -0.373 e. The molecule has 2 heterocycles. The van der Waals surface area contributed by atoms with Crippen LogP contribution in [0.4, 0.5) is 11.5 Å². The van der Waals surface area contributed by atoms with Crippen LogP contribution in [0, 0.1) is 0 Å². The number of halogens is 1. The third-order valence-corrected chi connectivity index (χ3v) is 4.11. The van der Waals surface area contributed by atoms with Gasteiger partial charge >= 0.3 is 0 Å². The summed E-state index contributed by atoms with van der Waals surface area (Å²) in [5, 5.41) is 8.85. The molecule has 0 bridgehead atoms. The molecule has 124 valence electrons. The molecule has 0 spiro atoms. The Morgan fingerprint density at radius 3 is 2.88 bits per heavy atom. The van der Waals surface area contributed by atoms with Crippen molar-refractivity contribution in [1.29, 1.82) is 0 Å². The van der Waals surface area contributed by atoms with Gasteiger partial charge in [-0.2, -0.15) is 0 Å². The SMILES string of the molecule is CNc1cc(C(=O)NC(C)c2ccc3c(c2)CC(=O)N3)cc(Cl)n1. The number of nitrogens with one attached hydrogen (secondary N) is 3. The molecule has 1 aliphatic heterocycles. The lowest BCUT2D eigenvalue weighted by Gasteiger charge is -2.16. The molecule has 2 aromatic rings. The van der Waals surface area contributed by atoms with E-state index in [0.717, 1.165) is 16.8 Å². The molecule has 1 unspecified atom stereocenters. The number of rotatable bonds is 4. The smallest absolute Gasteiger partial charge is 0.251 e. The van der Waals surface area contributed by atoms with Gasteiger partial charge in [0, 0.05) is 18.3 Å². The number of anilines is 2. The predicted octanol–water partition coefficient (Wildman–Crippen LogP) is 2.76. The van der Waals surface area contributed by atoms with Crippen molar-refractivity contribution < 1.29 is 9.59 Å². The van der Waals surface area contributed by atoms with Crippen molar-refractivity contribution in [2.75, 3.05) is 17.7 Å². The Kier molecular flexibility index (Phi) is 4.40. The van der Waals surface area contributed by atoms with E-state index in [4.69, 9.17) is 11.6 Å². The van der Waals surface area contributed by atoms with Crippen molar-refractivity contribution in [1.82, 2.24) is 10.3 Å². The van der Waals surface area contributed by atoms with Gasteiger partial charge in [0.15, 0.2) is 0 Å². The van der Waals surface area contributed by atoms with Gasteiger partial charge in [-0.05, 0) is 36.2 Å². The molecule has 1 aromatic carbocycles. The highest BCUT2D eigenvalue weighted by molar-refractivity contribution is 6.29. The number of hydrogen-bond donors (Lipinski definition) is 3. The van der Waals surface area contributed by atoms with Crippen molar-refractivity contribution >= 4 is 34.9 Å². The van der Waals surface area contributed by atoms with E-state index in [1.54, 1.807) is 13.1 Å². The molecule has 0 saturated carbocycles. The summed E-state index contributed by atoms with van der Waals surface area (Å²) in [7, 11) is 1.71. The van der Waals surface area contributed by atoms with Crippen LogP contribution in [0.3, 0.4) is 0 Å². The van der Waals surface area contributed by atoms with Gasteiger partial charge in [-0.25, -0.2) is 4.98 Å². The largest absolute Gasteiger partial charge is 0.373 e. The minimum absolute atomic E-state index is 0.00939. The summed E-state index contributed by atoms with van der Waals surface area (Å²) in [6.07, 6.45) is 0.370. The predicted molar refractivity (Wildman–Crippen MR) is 93.5 cm³/mol. The quantitative estimate of drug-likeness (QED) is 0.745. The Morgan fingerprint density at radius 2 is 2.12 bits per heavy atom. The maximum atomic E-state index is 12.4. The number of hydrogen-bond acceptors (Lipinski definition) is 4. The van der Waals surface area contributed by atoms with Crippen molar-refractivity contribution in [3.05, 3.63) is 52.2 Å². The number of fused-ring (bicyclic) bond motifs is 1. The lowest BCUT2D eigenvalue weighted by atomic mass is 10.0. The zero-order valence-electron chi connectivity index (χ0n) is 13.3. The lowest BCUT2D eigenvalue weighted by Crippen LogP contribution is -2.26. The minimum atomic E-state index is -0.238. The van der Waals surface area contributed by atoms with E-state index >= 15 is 0 Å². The van der Waals surface area contributed by atoms with Crippen LogP contribution in [0.2, 0.25) is 5.15 Å². The lowest BCUT2D eigenvalue weighted by molar-refractivity contribution is -0.115. The van der Waals surface area contributed by atoms with E-state index < -0.39 is 0 Å². The Hall–Kier alpha value is -2.60. The van der Waals surface area contributed by atoms with Gasteiger partial charge in [0.1, 0.15) is 11.0 Å². The summed E-state index contributed by atoms with van der Waals surface area (Å²) in [5.41, 5.74) is 3.15. The first-order chi connectivity index (χ1) is 11.5. The van der Waals surface area contributed by atoms with E-state index in [-0.39, 0.29) is 23.0 Å². The van der Waals surface area contributed by atoms with E-state index in [2.05, 4.69) is 20.9 Å². The second-order valence-electron chi connectivity index (χ2n) is 5.65. The van der Waals surface area contributed by atoms with Gasteiger partial charge in [-0.1, -0.05) is 23.7 Å². The maximum Gasteiger partial charge on any atom is 0.251 e. The third kappa shape index (κ3) is 3.33. The fraction of sp³-hybridized carbons (Fsp3) is 0.235. The molecule has 7 heteroatoms. The van der Waals surface area contributed by atoms with Crippen LogP contribution in [0.5, 0.6) is 0 Å².